The Balaban J connectivity index is 2.16. The summed E-state index contributed by atoms with van der Waals surface area (Å²) in [5, 5.41) is 13.3. The maximum atomic E-state index is 9.04. The highest BCUT2D eigenvalue weighted by Gasteiger charge is 2.18. The normalized spacial score (nSPS) is 12.4. The van der Waals surface area contributed by atoms with E-state index in [1.165, 1.54) is 0 Å². The Hall–Kier alpha value is -2.61. The van der Waals surface area contributed by atoms with Gasteiger partial charge in [-0.05, 0) is 37.6 Å². The molecule has 2 heterocycles. The van der Waals surface area contributed by atoms with E-state index in [1.807, 2.05) is 35.1 Å². The molecule has 0 amide bonds. The van der Waals surface area contributed by atoms with Crippen molar-refractivity contribution >= 4 is 11.0 Å². The van der Waals surface area contributed by atoms with Crippen molar-refractivity contribution < 1.29 is 0 Å². The largest absolute Gasteiger partial charge is 0.326 e. The molecule has 0 fully saturated rings. The van der Waals surface area contributed by atoms with Crippen LogP contribution in [0.15, 0.2) is 36.7 Å². The summed E-state index contributed by atoms with van der Waals surface area (Å²) in [6.07, 6.45) is 4.75. The second-order valence-electron chi connectivity index (χ2n) is 5.10. The van der Waals surface area contributed by atoms with E-state index < -0.39 is 0 Å². The average Bonchev–Trinajstić information content (AvgIpc) is 3.14. The second kappa shape index (κ2) is 5.41. The van der Waals surface area contributed by atoms with Crippen molar-refractivity contribution in [2.24, 2.45) is 0 Å². The molecule has 0 aliphatic rings. The van der Waals surface area contributed by atoms with Gasteiger partial charge in [-0.2, -0.15) is 10.4 Å². The van der Waals surface area contributed by atoms with Gasteiger partial charge < -0.3 is 4.57 Å². The second-order valence-corrected chi connectivity index (χ2v) is 5.10. The molecular weight excluding hydrogens is 262 g/mol. The fourth-order valence-corrected chi connectivity index (χ4v) is 2.62. The molecule has 21 heavy (non-hydrogen) atoms. The van der Waals surface area contributed by atoms with Gasteiger partial charge in [0.05, 0.1) is 22.7 Å². The minimum atomic E-state index is 0.0597. The van der Waals surface area contributed by atoms with Crippen LogP contribution in [0.4, 0.5) is 0 Å². The van der Waals surface area contributed by atoms with Crippen molar-refractivity contribution in [3.05, 3.63) is 48.0 Å². The third-order valence-corrected chi connectivity index (χ3v) is 3.65. The number of fused-ring (bicyclic) bond motifs is 1. The van der Waals surface area contributed by atoms with Gasteiger partial charge in [-0.1, -0.05) is 6.92 Å². The Kier molecular flexibility index (Phi) is 3.44. The molecule has 0 radical (unpaired) electrons. The number of rotatable bonds is 4. The van der Waals surface area contributed by atoms with Crippen molar-refractivity contribution in [3.63, 3.8) is 0 Å². The zero-order chi connectivity index (χ0) is 14.8. The Morgan fingerprint density at radius 3 is 2.90 bits per heavy atom. The molecule has 106 valence electrons. The van der Waals surface area contributed by atoms with Crippen LogP contribution in [0, 0.1) is 11.3 Å². The zero-order valence-corrected chi connectivity index (χ0v) is 12.2. The van der Waals surface area contributed by atoms with Crippen LogP contribution in [0.25, 0.3) is 11.0 Å². The molecule has 5 nitrogen and oxygen atoms in total. The summed E-state index contributed by atoms with van der Waals surface area (Å²) in [4.78, 5) is 4.75. The number of imidazole rings is 1. The van der Waals surface area contributed by atoms with Gasteiger partial charge >= 0.3 is 0 Å². The third-order valence-electron chi connectivity index (χ3n) is 3.65. The maximum Gasteiger partial charge on any atom is 0.134 e. The van der Waals surface area contributed by atoms with Crippen LogP contribution in [-0.4, -0.2) is 19.3 Å². The first-order valence-electron chi connectivity index (χ1n) is 7.14. The van der Waals surface area contributed by atoms with Gasteiger partial charge in [0.25, 0.3) is 0 Å². The van der Waals surface area contributed by atoms with Gasteiger partial charge in [0.1, 0.15) is 11.9 Å². The minimum Gasteiger partial charge on any atom is -0.326 e. The molecule has 0 aliphatic heterocycles. The Morgan fingerprint density at radius 1 is 1.38 bits per heavy atom. The topological polar surface area (TPSA) is 59.4 Å². The lowest BCUT2D eigenvalue weighted by atomic mass is 10.2. The lowest BCUT2D eigenvalue weighted by Crippen LogP contribution is -2.14. The van der Waals surface area contributed by atoms with E-state index >= 15 is 0 Å². The van der Waals surface area contributed by atoms with Crippen molar-refractivity contribution in [1.82, 2.24) is 19.3 Å². The molecule has 0 spiro atoms. The van der Waals surface area contributed by atoms with Gasteiger partial charge in [-0.15, -0.1) is 0 Å². The molecule has 0 aliphatic carbocycles. The summed E-state index contributed by atoms with van der Waals surface area (Å²) >= 11 is 0. The van der Waals surface area contributed by atoms with E-state index in [9.17, 15) is 0 Å². The lowest BCUT2D eigenvalue weighted by Gasteiger charge is -2.14. The maximum absolute atomic E-state index is 9.04. The molecule has 1 unspecified atom stereocenters. The molecule has 1 atom stereocenters. The minimum absolute atomic E-state index is 0.0597. The fourth-order valence-electron chi connectivity index (χ4n) is 2.62. The highest BCUT2D eigenvalue weighted by molar-refractivity contribution is 5.77. The van der Waals surface area contributed by atoms with Crippen molar-refractivity contribution in [2.45, 2.75) is 32.9 Å². The third kappa shape index (κ3) is 2.29. The number of aryl methyl sites for hydroxylation is 1. The summed E-state index contributed by atoms with van der Waals surface area (Å²) in [6, 6.07) is 9.82. The monoisotopic (exact) mass is 279 g/mol. The van der Waals surface area contributed by atoms with Gasteiger partial charge in [-0.3, -0.25) is 4.68 Å². The Morgan fingerprint density at radius 2 is 2.24 bits per heavy atom. The Bertz CT molecular complexity index is 792. The van der Waals surface area contributed by atoms with Crippen molar-refractivity contribution in [3.8, 4) is 6.07 Å². The number of hydrogen-bond acceptors (Lipinski definition) is 3. The first-order chi connectivity index (χ1) is 10.2. The van der Waals surface area contributed by atoms with Crippen molar-refractivity contribution in [2.75, 3.05) is 0 Å². The molecular formula is C16H17N5. The molecule has 3 aromatic rings. The highest BCUT2D eigenvalue weighted by atomic mass is 15.3. The molecule has 1 aromatic carbocycles. The van der Waals surface area contributed by atoms with E-state index in [1.54, 1.807) is 6.20 Å². The van der Waals surface area contributed by atoms with E-state index in [-0.39, 0.29) is 6.04 Å². The SMILES string of the molecule is CCCn1c(C(C)n2cccn2)nc2cc(C#N)ccc21. The summed E-state index contributed by atoms with van der Waals surface area (Å²) < 4.78 is 4.13. The first-order valence-corrected chi connectivity index (χ1v) is 7.14. The van der Waals surface area contributed by atoms with Gasteiger partial charge in [0, 0.05) is 18.9 Å². The number of hydrogen-bond donors (Lipinski definition) is 0. The van der Waals surface area contributed by atoms with E-state index in [2.05, 4.69) is 29.6 Å². The summed E-state index contributed by atoms with van der Waals surface area (Å²) in [5.41, 5.74) is 2.59. The summed E-state index contributed by atoms with van der Waals surface area (Å²) in [5.74, 6) is 0.977. The predicted molar refractivity (Wildman–Crippen MR) is 80.8 cm³/mol. The Labute approximate surface area is 123 Å². The lowest BCUT2D eigenvalue weighted by molar-refractivity contribution is 0.505. The summed E-state index contributed by atoms with van der Waals surface area (Å²) in [6.45, 7) is 5.15. The molecule has 0 bridgehead atoms. The average molecular weight is 279 g/mol. The molecule has 0 saturated carbocycles. The standard InChI is InChI=1S/C16H17N5/c1-3-8-20-15-6-5-13(11-17)10-14(15)19-16(20)12(2)21-9-4-7-18-21/h4-7,9-10,12H,3,8H2,1-2H3. The van der Waals surface area contributed by atoms with Gasteiger partial charge in [0.2, 0.25) is 0 Å². The number of nitrogens with zero attached hydrogens (tertiary/aromatic N) is 5. The zero-order valence-electron chi connectivity index (χ0n) is 12.2. The van der Waals surface area contributed by atoms with Gasteiger partial charge in [0.15, 0.2) is 0 Å². The number of aromatic nitrogens is 4. The van der Waals surface area contributed by atoms with Crippen LogP contribution in [0.2, 0.25) is 0 Å². The van der Waals surface area contributed by atoms with Crippen LogP contribution in [0.3, 0.4) is 0 Å². The molecule has 2 aromatic heterocycles. The van der Waals surface area contributed by atoms with E-state index in [4.69, 9.17) is 10.2 Å². The fraction of sp³-hybridized carbons (Fsp3) is 0.312. The first kappa shape index (κ1) is 13.4. The van der Waals surface area contributed by atoms with Gasteiger partial charge in [-0.25, -0.2) is 4.98 Å². The van der Waals surface area contributed by atoms with Crippen molar-refractivity contribution in [1.29, 1.82) is 5.26 Å². The molecule has 3 rings (SSSR count). The van der Waals surface area contributed by atoms with Crippen LogP contribution in [0.1, 0.15) is 37.7 Å². The summed E-state index contributed by atoms with van der Waals surface area (Å²) in [7, 11) is 0. The van der Waals surface area contributed by atoms with Crippen LogP contribution >= 0.6 is 0 Å². The molecule has 0 N–H and O–H groups in total. The van der Waals surface area contributed by atoms with Crippen LogP contribution in [-0.2, 0) is 6.54 Å². The van der Waals surface area contributed by atoms with Crippen LogP contribution in [0.5, 0.6) is 0 Å². The number of nitriles is 1. The van der Waals surface area contributed by atoms with Crippen LogP contribution < -0.4 is 0 Å². The molecule has 0 saturated heterocycles. The predicted octanol–water partition coefficient (Wildman–Crippen LogP) is 3.12. The molecule has 5 heteroatoms. The van der Waals surface area contributed by atoms with E-state index in [0.29, 0.717) is 5.56 Å². The van der Waals surface area contributed by atoms with E-state index in [0.717, 1.165) is 29.8 Å². The highest BCUT2D eigenvalue weighted by Crippen LogP contribution is 2.24. The quantitative estimate of drug-likeness (QED) is 0.737. The number of benzene rings is 1. The smallest absolute Gasteiger partial charge is 0.134 e.